The highest BCUT2D eigenvalue weighted by molar-refractivity contribution is 5.94. The van der Waals surface area contributed by atoms with E-state index in [-0.39, 0.29) is 11.9 Å². The molecule has 1 aliphatic heterocycles. The molecule has 1 aromatic rings. The van der Waals surface area contributed by atoms with E-state index in [0.717, 1.165) is 24.8 Å². The van der Waals surface area contributed by atoms with Gasteiger partial charge in [-0.2, -0.15) is 5.10 Å². The topological polar surface area (TPSA) is 92.1 Å². The highest BCUT2D eigenvalue weighted by Gasteiger charge is 2.30. The van der Waals surface area contributed by atoms with Gasteiger partial charge in [-0.15, -0.1) is 0 Å². The predicted octanol–water partition coefficient (Wildman–Crippen LogP) is 1.53. The number of nitrogens with zero attached hydrogens (tertiary/aromatic N) is 2. The highest BCUT2D eigenvalue weighted by Crippen LogP contribution is 2.31. The molecule has 0 bridgehead atoms. The van der Waals surface area contributed by atoms with Gasteiger partial charge in [-0.1, -0.05) is 5.57 Å². The van der Waals surface area contributed by atoms with E-state index in [0.29, 0.717) is 17.8 Å². The van der Waals surface area contributed by atoms with E-state index >= 15 is 0 Å². The van der Waals surface area contributed by atoms with Crippen LogP contribution < -0.4 is 5.73 Å². The Labute approximate surface area is 118 Å². The molecule has 6 heteroatoms. The Balaban J connectivity index is 2.31. The van der Waals surface area contributed by atoms with Crippen molar-refractivity contribution < 1.29 is 9.59 Å². The van der Waals surface area contributed by atoms with Crippen LogP contribution in [0.25, 0.3) is 0 Å². The maximum absolute atomic E-state index is 12.3. The number of likely N-dealkylation sites (tertiary alicyclic amines) is 1. The summed E-state index contributed by atoms with van der Waals surface area (Å²) in [5.41, 5.74) is 7.32. The first-order valence-corrected chi connectivity index (χ1v) is 6.79. The molecule has 2 amide bonds. The zero-order valence-electron chi connectivity index (χ0n) is 11.8. The minimum absolute atomic E-state index is 0.0280. The van der Waals surface area contributed by atoms with Crippen LogP contribution in [0.5, 0.6) is 0 Å². The molecule has 1 aromatic heterocycles. The van der Waals surface area contributed by atoms with Crippen molar-refractivity contribution in [1.29, 1.82) is 0 Å². The lowest BCUT2D eigenvalue weighted by Crippen LogP contribution is -2.38. The average Bonchev–Trinajstić information content (AvgIpc) is 2.87. The Kier molecular flexibility index (Phi) is 4.22. The SMILES string of the molecule is CC(C)=CC(=O)N1CCCCC1c1[nH]ncc1C(N)=O. The maximum atomic E-state index is 12.3. The molecule has 0 aromatic carbocycles. The van der Waals surface area contributed by atoms with Crippen molar-refractivity contribution in [3.8, 4) is 0 Å². The van der Waals surface area contributed by atoms with E-state index in [1.54, 1.807) is 11.0 Å². The molecule has 108 valence electrons. The summed E-state index contributed by atoms with van der Waals surface area (Å²) in [5, 5.41) is 6.72. The summed E-state index contributed by atoms with van der Waals surface area (Å²) >= 11 is 0. The number of amides is 2. The summed E-state index contributed by atoms with van der Waals surface area (Å²) in [4.78, 5) is 25.5. The van der Waals surface area contributed by atoms with Gasteiger partial charge in [0.15, 0.2) is 0 Å². The number of H-pyrrole nitrogens is 1. The van der Waals surface area contributed by atoms with Crippen molar-refractivity contribution in [2.75, 3.05) is 6.54 Å². The number of nitrogens with two attached hydrogens (primary N) is 1. The van der Waals surface area contributed by atoms with Gasteiger partial charge < -0.3 is 10.6 Å². The van der Waals surface area contributed by atoms with Gasteiger partial charge in [-0.25, -0.2) is 0 Å². The van der Waals surface area contributed by atoms with Crippen molar-refractivity contribution in [3.05, 3.63) is 29.1 Å². The lowest BCUT2D eigenvalue weighted by atomic mass is 9.96. The molecule has 1 unspecified atom stereocenters. The number of hydrogen-bond donors (Lipinski definition) is 2. The smallest absolute Gasteiger partial charge is 0.252 e. The molecule has 0 spiro atoms. The van der Waals surface area contributed by atoms with Crippen molar-refractivity contribution in [3.63, 3.8) is 0 Å². The van der Waals surface area contributed by atoms with Crippen molar-refractivity contribution in [1.82, 2.24) is 15.1 Å². The van der Waals surface area contributed by atoms with Crippen LogP contribution in [0, 0.1) is 0 Å². The number of aromatic amines is 1. The number of hydrogen-bond acceptors (Lipinski definition) is 3. The molecule has 1 saturated heterocycles. The minimum atomic E-state index is -0.520. The molecule has 6 nitrogen and oxygen atoms in total. The second kappa shape index (κ2) is 5.90. The third kappa shape index (κ3) is 2.89. The Morgan fingerprint density at radius 1 is 1.45 bits per heavy atom. The van der Waals surface area contributed by atoms with Gasteiger partial charge in [0.1, 0.15) is 0 Å². The standard InChI is InChI=1S/C14H20N4O2/c1-9(2)7-12(19)18-6-4-3-5-11(18)13-10(14(15)20)8-16-17-13/h7-8,11H,3-6H2,1-2H3,(H2,15,20)(H,16,17). The quantitative estimate of drug-likeness (QED) is 0.820. The monoisotopic (exact) mass is 276 g/mol. The Morgan fingerprint density at radius 3 is 2.85 bits per heavy atom. The van der Waals surface area contributed by atoms with Gasteiger partial charge in [0.2, 0.25) is 5.91 Å². The van der Waals surface area contributed by atoms with Gasteiger partial charge in [0, 0.05) is 12.6 Å². The van der Waals surface area contributed by atoms with Crippen LogP contribution >= 0.6 is 0 Å². The number of rotatable bonds is 3. The van der Waals surface area contributed by atoms with Crippen molar-refractivity contribution >= 4 is 11.8 Å². The molecule has 0 radical (unpaired) electrons. The van der Waals surface area contributed by atoms with Gasteiger partial charge in [0.25, 0.3) is 5.91 Å². The summed E-state index contributed by atoms with van der Waals surface area (Å²) in [6.07, 6.45) is 5.85. The van der Waals surface area contributed by atoms with Gasteiger partial charge in [-0.05, 0) is 33.1 Å². The van der Waals surface area contributed by atoms with Gasteiger partial charge in [-0.3, -0.25) is 14.7 Å². The molecule has 1 fully saturated rings. The lowest BCUT2D eigenvalue weighted by Gasteiger charge is -2.34. The third-order valence-corrected chi connectivity index (χ3v) is 3.47. The van der Waals surface area contributed by atoms with Gasteiger partial charge >= 0.3 is 0 Å². The number of piperidine rings is 1. The first kappa shape index (κ1) is 14.3. The van der Waals surface area contributed by atoms with E-state index < -0.39 is 5.91 Å². The Hall–Kier alpha value is -2.11. The molecule has 1 atom stereocenters. The van der Waals surface area contributed by atoms with Crippen LogP contribution in [0.15, 0.2) is 17.8 Å². The number of primary amides is 1. The molecular weight excluding hydrogens is 256 g/mol. The molecule has 3 N–H and O–H groups in total. The van der Waals surface area contributed by atoms with E-state index in [4.69, 9.17) is 5.73 Å². The normalized spacial score (nSPS) is 18.7. The Bertz CT molecular complexity index is 543. The number of carbonyl (C=O) groups excluding carboxylic acids is 2. The number of carbonyl (C=O) groups is 2. The summed E-state index contributed by atoms with van der Waals surface area (Å²) < 4.78 is 0. The predicted molar refractivity (Wildman–Crippen MR) is 74.8 cm³/mol. The molecule has 20 heavy (non-hydrogen) atoms. The summed E-state index contributed by atoms with van der Waals surface area (Å²) in [6, 6.07) is -0.156. The first-order chi connectivity index (χ1) is 9.50. The van der Waals surface area contributed by atoms with Crippen LogP contribution in [0.2, 0.25) is 0 Å². The van der Waals surface area contributed by atoms with Crippen LogP contribution in [-0.2, 0) is 4.79 Å². The van der Waals surface area contributed by atoms with E-state index in [2.05, 4.69) is 10.2 Å². The van der Waals surface area contributed by atoms with E-state index in [1.807, 2.05) is 13.8 Å². The largest absolute Gasteiger partial charge is 0.365 e. The Morgan fingerprint density at radius 2 is 2.20 bits per heavy atom. The average molecular weight is 276 g/mol. The van der Waals surface area contributed by atoms with Crippen LogP contribution in [-0.4, -0.2) is 33.5 Å². The third-order valence-electron chi connectivity index (χ3n) is 3.47. The minimum Gasteiger partial charge on any atom is -0.365 e. The molecule has 0 aliphatic carbocycles. The molecule has 1 aliphatic rings. The van der Waals surface area contributed by atoms with E-state index in [1.165, 1.54) is 6.20 Å². The molecule has 0 saturated carbocycles. The van der Waals surface area contributed by atoms with Crippen LogP contribution in [0.1, 0.15) is 55.2 Å². The molecule has 2 heterocycles. The highest BCUT2D eigenvalue weighted by atomic mass is 16.2. The fourth-order valence-electron chi connectivity index (χ4n) is 2.57. The second-order valence-electron chi connectivity index (χ2n) is 5.33. The number of nitrogens with one attached hydrogen (secondary N) is 1. The summed E-state index contributed by atoms with van der Waals surface area (Å²) in [5.74, 6) is -0.548. The summed E-state index contributed by atoms with van der Waals surface area (Å²) in [7, 11) is 0. The van der Waals surface area contributed by atoms with Crippen LogP contribution in [0.4, 0.5) is 0 Å². The summed E-state index contributed by atoms with van der Waals surface area (Å²) in [6.45, 7) is 4.47. The van der Waals surface area contributed by atoms with Crippen molar-refractivity contribution in [2.24, 2.45) is 5.73 Å². The van der Waals surface area contributed by atoms with Crippen LogP contribution in [0.3, 0.4) is 0 Å². The van der Waals surface area contributed by atoms with E-state index in [9.17, 15) is 9.59 Å². The second-order valence-corrected chi connectivity index (χ2v) is 5.33. The number of allylic oxidation sites excluding steroid dienone is 1. The lowest BCUT2D eigenvalue weighted by molar-refractivity contribution is -0.129. The molecule has 2 rings (SSSR count). The fraction of sp³-hybridized carbons (Fsp3) is 0.500. The van der Waals surface area contributed by atoms with Gasteiger partial charge in [0.05, 0.1) is 23.5 Å². The zero-order chi connectivity index (χ0) is 14.7. The maximum Gasteiger partial charge on any atom is 0.252 e. The number of aromatic nitrogens is 2. The first-order valence-electron chi connectivity index (χ1n) is 6.79. The zero-order valence-corrected chi connectivity index (χ0v) is 11.8. The fourth-order valence-corrected chi connectivity index (χ4v) is 2.57. The molecular formula is C14H20N4O2. The van der Waals surface area contributed by atoms with Crippen molar-refractivity contribution in [2.45, 2.75) is 39.2 Å².